The van der Waals surface area contributed by atoms with E-state index in [2.05, 4.69) is 17.4 Å². The number of para-hydroxylation sites is 2. The summed E-state index contributed by atoms with van der Waals surface area (Å²) in [5, 5.41) is 3.54. The summed E-state index contributed by atoms with van der Waals surface area (Å²) in [5.41, 5.74) is 1.14. The Morgan fingerprint density at radius 3 is 2.71 bits per heavy atom. The molecule has 2 nitrogen and oxygen atoms in total. The van der Waals surface area contributed by atoms with E-state index >= 15 is 0 Å². The summed E-state index contributed by atoms with van der Waals surface area (Å²) in [5.74, 6) is 1.82. The van der Waals surface area contributed by atoms with Crippen molar-refractivity contribution >= 4 is 5.69 Å². The minimum Gasteiger partial charge on any atom is -0.492 e. The lowest BCUT2D eigenvalue weighted by molar-refractivity contribution is 0.340. The molecule has 1 saturated carbocycles. The monoisotopic (exact) mass is 233 g/mol. The van der Waals surface area contributed by atoms with Crippen LogP contribution < -0.4 is 10.1 Å². The van der Waals surface area contributed by atoms with Crippen LogP contribution in [0.15, 0.2) is 24.3 Å². The molecule has 17 heavy (non-hydrogen) atoms. The first-order valence-corrected chi connectivity index (χ1v) is 6.86. The highest BCUT2D eigenvalue weighted by Gasteiger charge is 2.13. The number of hydrogen-bond donors (Lipinski definition) is 1. The Balaban J connectivity index is 1.88. The predicted octanol–water partition coefficient (Wildman–Crippen LogP) is 4.08. The second-order valence-corrected chi connectivity index (χ2v) is 4.81. The van der Waals surface area contributed by atoms with E-state index in [0.717, 1.165) is 30.5 Å². The Morgan fingerprint density at radius 1 is 1.18 bits per heavy atom. The second-order valence-electron chi connectivity index (χ2n) is 4.81. The molecule has 0 saturated heterocycles. The van der Waals surface area contributed by atoms with Crippen LogP contribution in [0.25, 0.3) is 0 Å². The molecule has 1 aliphatic carbocycles. The standard InChI is InChI=1S/C15H23NO/c1-2-17-15-11-7-6-10-14(15)16-12-13-8-4-3-5-9-13/h6-7,10-11,13,16H,2-5,8-9,12H2,1H3. The first-order valence-electron chi connectivity index (χ1n) is 6.86. The third-order valence-electron chi connectivity index (χ3n) is 3.49. The van der Waals surface area contributed by atoms with E-state index in [4.69, 9.17) is 4.74 Å². The van der Waals surface area contributed by atoms with E-state index in [9.17, 15) is 0 Å². The van der Waals surface area contributed by atoms with Crippen LogP contribution in [0.5, 0.6) is 5.75 Å². The molecule has 1 aliphatic rings. The van der Waals surface area contributed by atoms with E-state index in [-0.39, 0.29) is 0 Å². The third kappa shape index (κ3) is 3.65. The quantitative estimate of drug-likeness (QED) is 0.827. The summed E-state index contributed by atoms with van der Waals surface area (Å²) >= 11 is 0. The maximum absolute atomic E-state index is 5.61. The molecule has 0 aromatic heterocycles. The average Bonchev–Trinajstić information content (AvgIpc) is 2.39. The second kappa shape index (κ2) is 6.53. The van der Waals surface area contributed by atoms with E-state index in [0.29, 0.717) is 0 Å². The zero-order valence-electron chi connectivity index (χ0n) is 10.7. The molecule has 0 atom stereocenters. The van der Waals surface area contributed by atoms with Crippen LogP contribution in [0, 0.1) is 5.92 Å². The van der Waals surface area contributed by atoms with Crippen LogP contribution >= 0.6 is 0 Å². The molecule has 0 heterocycles. The van der Waals surface area contributed by atoms with Gasteiger partial charge in [0.15, 0.2) is 0 Å². The third-order valence-corrected chi connectivity index (χ3v) is 3.49. The highest BCUT2D eigenvalue weighted by atomic mass is 16.5. The van der Waals surface area contributed by atoms with Gasteiger partial charge >= 0.3 is 0 Å². The molecule has 94 valence electrons. The van der Waals surface area contributed by atoms with Crippen molar-refractivity contribution in [2.45, 2.75) is 39.0 Å². The SMILES string of the molecule is CCOc1ccccc1NCC1CCCCC1. The van der Waals surface area contributed by atoms with Gasteiger partial charge in [-0.05, 0) is 37.8 Å². The topological polar surface area (TPSA) is 21.3 Å². The molecule has 1 N–H and O–H groups in total. The molecular formula is C15H23NO. The minimum absolute atomic E-state index is 0.724. The Kier molecular flexibility index (Phi) is 4.72. The zero-order chi connectivity index (χ0) is 11.9. The van der Waals surface area contributed by atoms with Gasteiger partial charge in [0.25, 0.3) is 0 Å². The fourth-order valence-corrected chi connectivity index (χ4v) is 2.54. The van der Waals surface area contributed by atoms with Crippen LogP contribution in [0.3, 0.4) is 0 Å². The maximum Gasteiger partial charge on any atom is 0.142 e. The number of benzene rings is 1. The number of hydrogen-bond acceptors (Lipinski definition) is 2. The van der Waals surface area contributed by atoms with Gasteiger partial charge in [-0.25, -0.2) is 0 Å². The number of rotatable bonds is 5. The zero-order valence-corrected chi connectivity index (χ0v) is 10.7. The number of anilines is 1. The Hall–Kier alpha value is -1.18. The first kappa shape index (κ1) is 12.3. The first-order chi connectivity index (χ1) is 8.40. The van der Waals surface area contributed by atoms with Crippen LogP contribution in [-0.4, -0.2) is 13.2 Å². The Labute approximate surface area is 104 Å². The largest absolute Gasteiger partial charge is 0.492 e. The average molecular weight is 233 g/mol. The lowest BCUT2D eigenvalue weighted by Gasteiger charge is -2.23. The lowest BCUT2D eigenvalue weighted by atomic mass is 9.89. The van der Waals surface area contributed by atoms with Crippen molar-refractivity contribution in [2.24, 2.45) is 5.92 Å². The molecule has 0 aliphatic heterocycles. The normalized spacial score (nSPS) is 16.8. The van der Waals surface area contributed by atoms with Crippen molar-refractivity contribution in [1.29, 1.82) is 0 Å². The van der Waals surface area contributed by atoms with Gasteiger partial charge in [-0.3, -0.25) is 0 Å². The van der Waals surface area contributed by atoms with Crippen LogP contribution in [-0.2, 0) is 0 Å². The van der Waals surface area contributed by atoms with E-state index < -0.39 is 0 Å². The van der Waals surface area contributed by atoms with Gasteiger partial charge in [-0.1, -0.05) is 31.4 Å². The van der Waals surface area contributed by atoms with Crippen molar-refractivity contribution in [2.75, 3.05) is 18.5 Å². The van der Waals surface area contributed by atoms with Crippen molar-refractivity contribution in [1.82, 2.24) is 0 Å². The minimum atomic E-state index is 0.724. The fraction of sp³-hybridized carbons (Fsp3) is 0.600. The van der Waals surface area contributed by atoms with Crippen LogP contribution in [0.4, 0.5) is 5.69 Å². The summed E-state index contributed by atoms with van der Waals surface area (Å²) in [6, 6.07) is 8.23. The highest BCUT2D eigenvalue weighted by molar-refractivity contribution is 5.56. The number of nitrogens with one attached hydrogen (secondary N) is 1. The maximum atomic E-state index is 5.61. The summed E-state index contributed by atoms with van der Waals surface area (Å²) < 4.78 is 5.61. The van der Waals surface area contributed by atoms with Gasteiger partial charge in [0.2, 0.25) is 0 Å². The van der Waals surface area contributed by atoms with Gasteiger partial charge < -0.3 is 10.1 Å². The summed E-state index contributed by atoms with van der Waals surface area (Å²) in [6.07, 6.45) is 6.98. The van der Waals surface area contributed by atoms with Crippen molar-refractivity contribution in [3.05, 3.63) is 24.3 Å². The molecule has 1 fully saturated rings. The van der Waals surface area contributed by atoms with Gasteiger partial charge in [0, 0.05) is 6.54 Å². The molecular weight excluding hydrogens is 210 g/mol. The van der Waals surface area contributed by atoms with Crippen LogP contribution in [0.1, 0.15) is 39.0 Å². The smallest absolute Gasteiger partial charge is 0.142 e. The molecule has 2 heteroatoms. The van der Waals surface area contributed by atoms with E-state index in [1.165, 1.54) is 32.1 Å². The molecule has 0 spiro atoms. The van der Waals surface area contributed by atoms with Gasteiger partial charge in [0.1, 0.15) is 5.75 Å². The van der Waals surface area contributed by atoms with Crippen molar-refractivity contribution in [3.63, 3.8) is 0 Å². The van der Waals surface area contributed by atoms with Gasteiger partial charge in [-0.15, -0.1) is 0 Å². The molecule has 1 aromatic rings. The Morgan fingerprint density at radius 2 is 1.94 bits per heavy atom. The lowest BCUT2D eigenvalue weighted by Crippen LogP contribution is -2.17. The van der Waals surface area contributed by atoms with Gasteiger partial charge in [-0.2, -0.15) is 0 Å². The highest BCUT2D eigenvalue weighted by Crippen LogP contribution is 2.27. The summed E-state index contributed by atoms with van der Waals surface area (Å²) in [4.78, 5) is 0. The molecule has 0 amide bonds. The van der Waals surface area contributed by atoms with E-state index in [1.807, 2.05) is 19.1 Å². The molecule has 0 unspecified atom stereocenters. The molecule has 2 rings (SSSR count). The van der Waals surface area contributed by atoms with Crippen LogP contribution in [0.2, 0.25) is 0 Å². The van der Waals surface area contributed by atoms with Crippen molar-refractivity contribution in [3.8, 4) is 5.75 Å². The predicted molar refractivity (Wildman–Crippen MR) is 72.7 cm³/mol. The molecule has 1 aromatic carbocycles. The Bertz CT molecular complexity index is 331. The fourth-order valence-electron chi connectivity index (χ4n) is 2.54. The van der Waals surface area contributed by atoms with E-state index in [1.54, 1.807) is 0 Å². The number of ether oxygens (including phenoxy) is 1. The summed E-state index contributed by atoms with van der Waals surface area (Å²) in [7, 11) is 0. The molecule has 0 radical (unpaired) electrons. The molecule has 0 bridgehead atoms. The van der Waals surface area contributed by atoms with Gasteiger partial charge in [0.05, 0.1) is 12.3 Å². The summed E-state index contributed by atoms with van der Waals surface area (Å²) in [6.45, 7) is 3.84. The van der Waals surface area contributed by atoms with Crippen molar-refractivity contribution < 1.29 is 4.74 Å².